The van der Waals surface area contributed by atoms with Gasteiger partial charge in [-0.05, 0) is 68.7 Å². The van der Waals surface area contributed by atoms with Gasteiger partial charge in [0.25, 0.3) is 5.91 Å². The molecule has 150 valence electrons. The molecule has 28 heavy (non-hydrogen) atoms. The zero-order valence-electron chi connectivity index (χ0n) is 16.4. The Labute approximate surface area is 170 Å². The summed E-state index contributed by atoms with van der Waals surface area (Å²) in [7, 11) is -3.26. The third-order valence-electron chi connectivity index (χ3n) is 4.12. The second-order valence-electron chi connectivity index (χ2n) is 6.60. The van der Waals surface area contributed by atoms with E-state index >= 15 is 0 Å². The van der Waals surface area contributed by atoms with E-state index < -0.39 is 21.8 Å². The van der Waals surface area contributed by atoms with Crippen molar-refractivity contribution in [3.05, 3.63) is 58.1 Å². The number of hydrazone groups is 1. The van der Waals surface area contributed by atoms with Gasteiger partial charge in [0.15, 0.2) is 15.9 Å². The molecule has 0 saturated heterocycles. The minimum Gasteiger partial charge on any atom is -0.480 e. The number of amides is 1. The Morgan fingerprint density at radius 1 is 1.14 bits per heavy atom. The van der Waals surface area contributed by atoms with Crippen LogP contribution in [0.1, 0.15) is 30.5 Å². The van der Waals surface area contributed by atoms with E-state index in [2.05, 4.69) is 10.5 Å². The number of benzene rings is 2. The van der Waals surface area contributed by atoms with Crippen molar-refractivity contribution < 1.29 is 17.9 Å². The van der Waals surface area contributed by atoms with Gasteiger partial charge in [-0.2, -0.15) is 5.10 Å². The average molecular weight is 423 g/mol. The maximum atomic E-state index is 12.3. The normalized spacial score (nSPS) is 13.1. The minimum atomic E-state index is -3.26. The standard InChI is InChI=1S/C20H23ClN2O4S/c1-12-10-17(21)11-13(2)19(12)27-15(4)20(24)23-22-14(3)16-6-8-18(9-7-16)28(5,25)26/h6-11,15H,1-5H3,(H,23,24)/b22-14-/t15-/m0/s1. The highest BCUT2D eigenvalue weighted by molar-refractivity contribution is 7.90. The first-order valence-electron chi connectivity index (χ1n) is 8.57. The predicted molar refractivity (Wildman–Crippen MR) is 111 cm³/mol. The third kappa shape index (κ3) is 5.56. The lowest BCUT2D eigenvalue weighted by atomic mass is 10.1. The largest absolute Gasteiger partial charge is 0.480 e. The molecule has 0 heterocycles. The van der Waals surface area contributed by atoms with Crippen LogP contribution in [0.3, 0.4) is 0 Å². The Bertz CT molecular complexity index is 992. The SMILES string of the molecule is C/C(=N/NC(=O)[C@H](C)Oc1c(C)cc(Cl)cc1C)c1ccc(S(C)(=O)=O)cc1. The van der Waals surface area contributed by atoms with Crippen LogP contribution in [0.25, 0.3) is 0 Å². The number of rotatable bonds is 6. The molecule has 0 aliphatic heterocycles. The summed E-state index contributed by atoms with van der Waals surface area (Å²) in [5.74, 6) is 0.213. The van der Waals surface area contributed by atoms with Crippen LogP contribution in [0.4, 0.5) is 0 Å². The number of nitrogens with one attached hydrogen (secondary N) is 1. The zero-order chi connectivity index (χ0) is 21.1. The number of halogens is 1. The van der Waals surface area contributed by atoms with E-state index in [1.54, 1.807) is 38.1 Å². The van der Waals surface area contributed by atoms with Gasteiger partial charge in [0.1, 0.15) is 5.75 Å². The molecule has 1 amide bonds. The van der Waals surface area contributed by atoms with Crippen LogP contribution in [0.15, 0.2) is 46.4 Å². The Morgan fingerprint density at radius 2 is 1.68 bits per heavy atom. The number of sulfone groups is 1. The van der Waals surface area contributed by atoms with Crippen LogP contribution in [-0.4, -0.2) is 32.4 Å². The van der Waals surface area contributed by atoms with Gasteiger partial charge >= 0.3 is 0 Å². The second kappa shape index (κ2) is 8.75. The minimum absolute atomic E-state index is 0.226. The summed E-state index contributed by atoms with van der Waals surface area (Å²) in [6, 6.07) is 9.84. The van der Waals surface area contributed by atoms with Gasteiger partial charge in [0.2, 0.25) is 0 Å². The topological polar surface area (TPSA) is 84.8 Å². The van der Waals surface area contributed by atoms with E-state index in [-0.39, 0.29) is 4.90 Å². The number of nitrogens with zero attached hydrogens (tertiary/aromatic N) is 1. The van der Waals surface area contributed by atoms with E-state index in [4.69, 9.17) is 16.3 Å². The third-order valence-corrected chi connectivity index (χ3v) is 5.47. The van der Waals surface area contributed by atoms with Crippen LogP contribution in [0.5, 0.6) is 5.75 Å². The second-order valence-corrected chi connectivity index (χ2v) is 9.05. The molecule has 0 spiro atoms. The fourth-order valence-electron chi connectivity index (χ4n) is 2.55. The zero-order valence-corrected chi connectivity index (χ0v) is 18.0. The Morgan fingerprint density at radius 3 is 2.18 bits per heavy atom. The van der Waals surface area contributed by atoms with Gasteiger partial charge in [0, 0.05) is 11.3 Å². The highest BCUT2D eigenvalue weighted by atomic mass is 35.5. The van der Waals surface area contributed by atoms with Gasteiger partial charge in [-0.1, -0.05) is 23.7 Å². The van der Waals surface area contributed by atoms with Gasteiger partial charge in [-0.15, -0.1) is 0 Å². The molecule has 2 rings (SSSR count). The predicted octanol–water partition coefficient (Wildman–Crippen LogP) is 3.67. The lowest BCUT2D eigenvalue weighted by molar-refractivity contribution is -0.127. The maximum absolute atomic E-state index is 12.3. The van der Waals surface area contributed by atoms with E-state index in [1.165, 1.54) is 12.1 Å². The Kier molecular flexibility index (Phi) is 6.85. The molecule has 2 aromatic carbocycles. The van der Waals surface area contributed by atoms with Gasteiger partial charge < -0.3 is 4.74 Å². The van der Waals surface area contributed by atoms with Gasteiger partial charge in [0.05, 0.1) is 10.6 Å². The van der Waals surface area contributed by atoms with E-state index in [0.717, 1.165) is 17.4 Å². The number of hydrogen-bond donors (Lipinski definition) is 1. The van der Waals surface area contributed by atoms with Gasteiger partial charge in [-0.25, -0.2) is 13.8 Å². The van der Waals surface area contributed by atoms with Crippen molar-refractivity contribution in [2.24, 2.45) is 5.10 Å². The summed E-state index contributed by atoms with van der Waals surface area (Å²) >= 11 is 6.01. The summed E-state index contributed by atoms with van der Waals surface area (Å²) in [6.45, 7) is 7.08. The number of ether oxygens (including phenoxy) is 1. The molecule has 0 aliphatic carbocycles. The van der Waals surface area contributed by atoms with Crippen LogP contribution < -0.4 is 10.2 Å². The quantitative estimate of drug-likeness (QED) is 0.568. The van der Waals surface area contributed by atoms with E-state index in [9.17, 15) is 13.2 Å². The van der Waals surface area contributed by atoms with Crippen molar-refractivity contribution >= 4 is 33.1 Å². The molecule has 0 saturated carbocycles. The smallest absolute Gasteiger partial charge is 0.280 e. The highest BCUT2D eigenvalue weighted by Crippen LogP contribution is 2.27. The summed E-state index contributed by atoms with van der Waals surface area (Å²) in [4.78, 5) is 12.5. The molecule has 6 nitrogen and oxygen atoms in total. The number of aryl methyl sites for hydroxylation is 2. The van der Waals surface area contributed by atoms with Crippen molar-refractivity contribution in [2.75, 3.05) is 6.26 Å². The summed E-state index contributed by atoms with van der Waals surface area (Å²) in [6.07, 6.45) is 0.386. The lowest BCUT2D eigenvalue weighted by Gasteiger charge is -2.17. The monoisotopic (exact) mass is 422 g/mol. The molecular formula is C20H23ClN2O4S. The molecule has 0 radical (unpaired) electrons. The molecule has 0 unspecified atom stereocenters. The molecular weight excluding hydrogens is 400 g/mol. The van der Waals surface area contributed by atoms with Crippen molar-refractivity contribution in [3.8, 4) is 5.75 Å². The fraction of sp³-hybridized carbons (Fsp3) is 0.300. The van der Waals surface area contributed by atoms with E-state index in [1.807, 2.05) is 13.8 Å². The average Bonchev–Trinajstić information content (AvgIpc) is 2.61. The molecule has 8 heteroatoms. The van der Waals surface area contributed by atoms with Crippen molar-refractivity contribution in [1.29, 1.82) is 0 Å². The van der Waals surface area contributed by atoms with Crippen LogP contribution in [0.2, 0.25) is 5.02 Å². The first-order valence-corrected chi connectivity index (χ1v) is 10.8. The van der Waals surface area contributed by atoms with E-state index in [0.29, 0.717) is 22.0 Å². The molecule has 1 N–H and O–H groups in total. The van der Waals surface area contributed by atoms with Crippen molar-refractivity contribution in [1.82, 2.24) is 5.43 Å². The molecule has 0 fully saturated rings. The molecule has 0 aromatic heterocycles. The summed E-state index contributed by atoms with van der Waals surface area (Å²) in [5, 5.41) is 4.69. The molecule has 0 bridgehead atoms. The first kappa shape index (κ1) is 21.9. The van der Waals surface area contributed by atoms with Gasteiger partial charge in [-0.3, -0.25) is 4.79 Å². The van der Waals surface area contributed by atoms with Crippen molar-refractivity contribution in [2.45, 2.75) is 38.7 Å². The number of carbonyl (C=O) groups is 1. The summed E-state index contributed by atoms with van der Waals surface area (Å²) in [5.41, 5.74) is 5.40. The molecule has 1 atom stereocenters. The highest BCUT2D eigenvalue weighted by Gasteiger charge is 2.17. The van der Waals surface area contributed by atoms with Crippen LogP contribution >= 0.6 is 11.6 Å². The molecule has 0 aliphatic rings. The number of carbonyl (C=O) groups excluding carboxylic acids is 1. The van der Waals surface area contributed by atoms with Crippen LogP contribution in [-0.2, 0) is 14.6 Å². The number of hydrogen-bond acceptors (Lipinski definition) is 5. The maximum Gasteiger partial charge on any atom is 0.280 e. The Hall–Kier alpha value is -2.38. The molecule has 2 aromatic rings. The fourth-order valence-corrected chi connectivity index (χ4v) is 3.51. The van der Waals surface area contributed by atoms with Crippen LogP contribution in [0, 0.1) is 13.8 Å². The Balaban J connectivity index is 2.06. The van der Waals surface area contributed by atoms with Crippen molar-refractivity contribution in [3.63, 3.8) is 0 Å². The lowest BCUT2D eigenvalue weighted by Crippen LogP contribution is -2.34. The first-order chi connectivity index (χ1) is 13.0. The summed E-state index contributed by atoms with van der Waals surface area (Å²) < 4.78 is 28.8.